The average molecular weight is 259 g/mol. The first-order chi connectivity index (χ1) is 8.58. The molecule has 4 nitrogen and oxygen atoms in total. The number of aliphatic hydroxyl groups excluding tert-OH is 1. The fraction of sp³-hybridized carbons (Fsp3) is 0.417. The van der Waals surface area contributed by atoms with Crippen LogP contribution in [0.15, 0.2) is 24.3 Å². The number of halogens is 2. The van der Waals surface area contributed by atoms with E-state index in [-0.39, 0.29) is 17.9 Å². The Labute approximate surface area is 104 Å². The molecule has 0 spiro atoms. The van der Waals surface area contributed by atoms with Crippen LogP contribution < -0.4 is 10.1 Å². The standard InChI is InChI=1S/C12H15F2NO3/c1-2-8(7-16)15-11(17)9-5-3-4-6-10(9)18-12(13)14/h3-6,8,12,16H,2,7H2,1H3,(H,15,17)/t8-/m0/s1. The quantitative estimate of drug-likeness (QED) is 0.818. The summed E-state index contributed by atoms with van der Waals surface area (Å²) in [4.78, 5) is 11.8. The Balaban J connectivity index is 2.84. The van der Waals surface area contributed by atoms with Gasteiger partial charge in [0, 0.05) is 0 Å². The number of benzene rings is 1. The van der Waals surface area contributed by atoms with E-state index in [0.717, 1.165) is 0 Å². The molecule has 0 aliphatic carbocycles. The molecule has 0 aliphatic heterocycles. The molecule has 0 fully saturated rings. The van der Waals surface area contributed by atoms with Crippen LogP contribution in [0.5, 0.6) is 5.75 Å². The third-order valence-corrected chi connectivity index (χ3v) is 2.40. The molecule has 1 rings (SSSR count). The summed E-state index contributed by atoms with van der Waals surface area (Å²) in [6.45, 7) is -1.40. The molecule has 0 unspecified atom stereocenters. The minimum absolute atomic E-state index is 0.0182. The first-order valence-electron chi connectivity index (χ1n) is 5.54. The van der Waals surface area contributed by atoms with Crippen LogP contribution in [0.25, 0.3) is 0 Å². The second-order valence-corrected chi connectivity index (χ2v) is 3.64. The molecular weight excluding hydrogens is 244 g/mol. The summed E-state index contributed by atoms with van der Waals surface area (Å²) < 4.78 is 28.6. The van der Waals surface area contributed by atoms with Crippen LogP contribution in [0.3, 0.4) is 0 Å². The van der Waals surface area contributed by atoms with Gasteiger partial charge < -0.3 is 15.2 Å². The highest BCUT2D eigenvalue weighted by Gasteiger charge is 2.17. The largest absolute Gasteiger partial charge is 0.434 e. The predicted molar refractivity (Wildman–Crippen MR) is 61.7 cm³/mol. The van der Waals surface area contributed by atoms with Gasteiger partial charge in [0.25, 0.3) is 5.91 Å². The summed E-state index contributed by atoms with van der Waals surface area (Å²) >= 11 is 0. The summed E-state index contributed by atoms with van der Waals surface area (Å²) in [5.41, 5.74) is 0.0182. The second kappa shape index (κ2) is 6.90. The molecule has 0 heterocycles. The third-order valence-electron chi connectivity index (χ3n) is 2.40. The first-order valence-corrected chi connectivity index (χ1v) is 5.54. The lowest BCUT2D eigenvalue weighted by atomic mass is 10.1. The van der Waals surface area contributed by atoms with Crippen LogP contribution in [0.2, 0.25) is 0 Å². The minimum atomic E-state index is -2.99. The Morgan fingerprint density at radius 3 is 2.67 bits per heavy atom. The maximum Gasteiger partial charge on any atom is 0.387 e. The Bertz CT molecular complexity index is 395. The highest BCUT2D eigenvalue weighted by molar-refractivity contribution is 5.97. The summed E-state index contributed by atoms with van der Waals surface area (Å²) in [6, 6.07) is 5.32. The van der Waals surface area contributed by atoms with Crippen LogP contribution in [-0.2, 0) is 0 Å². The number of aliphatic hydroxyl groups is 1. The average Bonchev–Trinajstić information content (AvgIpc) is 2.35. The van der Waals surface area contributed by atoms with Gasteiger partial charge in [-0.15, -0.1) is 0 Å². The van der Waals surface area contributed by atoms with E-state index in [9.17, 15) is 13.6 Å². The van der Waals surface area contributed by atoms with Gasteiger partial charge in [-0.3, -0.25) is 4.79 Å². The van der Waals surface area contributed by atoms with Gasteiger partial charge in [0.1, 0.15) is 5.75 Å². The summed E-state index contributed by atoms with van der Waals surface area (Å²) in [6.07, 6.45) is 0.542. The van der Waals surface area contributed by atoms with E-state index in [1.54, 1.807) is 13.0 Å². The number of nitrogens with one attached hydrogen (secondary N) is 1. The molecule has 0 aliphatic rings. The molecule has 0 saturated carbocycles. The highest BCUT2D eigenvalue weighted by Crippen LogP contribution is 2.20. The van der Waals surface area contributed by atoms with Crippen molar-refractivity contribution in [3.63, 3.8) is 0 Å². The molecule has 0 radical (unpaired) electrons. The number of carbonyl (C=O) groups is 1. The van der Waals surface area contributed by atoms with E-state index in [0.29, 0.717) is 6.42 Å². The molecule has 100 valence electrons. The maximum absolute atomic E-state index is 12.2. The topological polar surface area (TPSA) is 58.6 Å². The monoisotopic (exact) mass is 259 g/mol. The van der Waals surface area contributed by atoms with Crippen molar-refractivity contribution in [1.29, 1.82) is 0 Å². The number of para-hydroxylation sites is 1. The van der Waals surface area contributed by atoms with Crippen molar-refractivity contribution in [2.24, 2.45) is 0 Å². The number of ether oxygens (including phenoxy) is 1. The number of alkyl halides is 2. The number of hydrogen-bond donors (Lipinski definition) is 2. The van der Waals surface area contributed by atoms with E-state index < -0.39 is 18.6 Å². The van der Waals surface area contributed by atoms with E-state index in [1.807, 2.05) is 0 Å². The third kappa shape index (κ3) is 3.96. The number of rotatable bonds is 6. The van der Waals surface area contributed by atoms with Crippen LogP contribution in [0.4, 0.5) is 8.78 Å². The van der Waals surface area contributed by atoms with Crippen molar-refractivity contribution in [2.75, 3.05) is 6.61 Å². The van der Waals surface area contributed by atoms with Crippen molar-refractivity contribution in [2.45, 2.75) is 26.0 Å². The van der Waals surface area contributed by atoms with Gasteiger partial charge >= 0.3 is 6.61 Å². The van der Waals surface area contributed by atoms with Crippen molar-refractivity contribution in [3.05, 3.63) is 29.8 Å². The highest BCUT2D eigenvalue weighted by atomic mass is 19.3. The number of amides is 1. The SMILES string of the molecule is CC[C@@H](CO)NC(=O)c1ccccc1OC(F)F. The molecule has 2 N–H and O–H groups in total. The zero-order chi connectivity index (χ0) is 13.5. The van der Waals surface area contributed by atoms with Crippen molar-refractivity contribution < 1.29 is 23.4 Å². The number of hydrogen-bond acceptors (Lipinski definition) is 3. The molecule has 1 amide bonds. The fourth-order valence-corrected chi connectivity index (χ4v) is 1.39. The van der Waals surface area contributed by atoms with Crippen LogP contribution >= 0.6 is 0 Å². The lowest BCUT2D eigenvalue weighted by Gasteiger charge is -2.15. The first kappa shape index (κ1) is 14.4. The lowest BCUT2D eigenvalue weighted by molar-refractivity contribution is -0.0501. The van der Waals surface area contributed by atoms with Crippen LogP contribution in [-0.4, -0.2) is 30.3 Å². The molecule has 6 heteroatoms. The molecule has 0 saturated heterocycles. The molecule has 0 bridgehead atoms. The minimum Gasteiger partial charge on any atom is -0.434 e. The lowest BCUT2D eigenvalue weighted by Crippen LogP contribution is -2.37. The van der Waals surface area contributed by atoms with E-state index in [2.05, 4.69) is 10.1 Å². The molecule has 18 heavy (non-hydrogen) atoms. The van der Waals surface area contributed by atoms with Crippen molar-refractivity contribution >= 4 is 5.91 Å². The summed E-state index contributed by atoms with van der Waals surface area (Å²) in [7, 11) is 0. The summed E-state index contributed by atoms with van der Waals surface area (Å²) in [5.74, 6) is -0.732. The fourth-order valence-electron chi connectivity index (χ4n) is 1.39. The van der Waals surface area contributed by atoms with Crippen LogP contribution in [0, 0.1) is 0 Å². The Kier molecular flexibility index (Phi) is 5.51. The second-order valence-electron chi connectivity index (χ2n) is 3.64. The van der Waals surface area contributed by atoms with Gasteiger partial charge in [0.05, 0.1) is 18.2 Å². The smallest absolute Gasteiger partial charge is 0.387 e. The van der Waals surface area contributed by atoms with Gasteiger partial charge in [0.2, 0.25) is 0 Å². The molecule has 0 aromatic heterocycles. The van der Waals surface area contributed by atoms with Crippen LogP contribution in [0.1, 0.15) is 23.7 Å². The Morgan fingerprint density at radius 2 is 2.11 bits per heavy atom. The van der Waals surface area contributed by atoms with Gasteiger partial charge in [-0.25, -0.2) is 0 Å². The van der Waals surface area contributed by atoms with Gasteiger partial charge in [-0.1, -0.05) is 19.1 Å². The zero-order valence-electron chi connectivity index (χ0n) is 9.90. The molecule has 1 atom stereocenters. The van der Waals surface area contributed by atoms with Gasteiger partial charge in [-0.2, -0.15) is 8.78 Å². The Hall–Kier alpha value is -1.69. The van der Waals surface area contributed by atoms with Gasteiger partial charge in [0.15, 0.2) is 0 Å². The van der Waals surface area contributed by atoms with Crippen molar-refractivity contribution in [1.82, 2.24) is 5.32 Å². The van der Waals surface area contributed by atoms with E-state index in [1.165, 1.54) is 18.2 Å². The Morgan fingerprint density at radius 1 is 1.44 bits per heavy atom. The normalized spacial score (nSPS) is 12.3. The zero-order valence-corrected chi connectivity index (χ0v) is 9.90. The molecular formula is C12H15F2NO3. The maximum atomic E-state index is 12.2. The molecule has 1 aromatic carbocycles. The predicted octanol–water partition coefficient (Wildman–Crippen LogP) is 1.79. The summed E-state index contributed by atoms with van der Waals surface area (Å²) in [5, 5.41) is 11.5. The number of carbonyl (C=O) groups excluding carboxylic acids is 1. The molecule has 1 aromatic rings. The van der Waals surface area contributed by atoms with Crippen molar-refractivity contribution in [3.8, 4) is 5.75 Å². The van der Waals surface area contributed by atoms with Gasteiger partial charge in [-0.05, 0) is 18.6 Å². The van der Waals surface area contributed by atoms with E-state index in [4.69, 9.17) is 5.11 Å². The van der Waals surface area contributed by atoms with E-state index >= 15 is 0 Å².